The van der Waals surface area contributed by atoms with Crippen LogP contribution in [0, 0.1) is 11.7 Å². The Balaban J connectivity index is 1.59. The van der Waals surface area contributed by atoms with Gasteiger partial charge in [0.1, 0.15) is 5.82 Å². The molecule has 0 saturated carbocycles. The number of amides is 2. The fourth-order valence-corrected chi connectivity index (χ4v) is 3.11. The Labute approximate surface area is 163 Å². The van der Waals surface area contributed by atoms with Gasteiger partial charge in [0, 0.05) is 25.2 Å². The summed E-state index contributed by atoms with van der Waals surface area (Å²) in [6, 6.07) is 8.33. The van der Waals surface area contributed by atoms with Gasteiger partial charge < -0.3 is 10.2 Å². The molecule has 1 fully saturated rings. The molecule has 1 aliphatic heterocycles. The number of alkyl halides is 3. The number of carbonyl (C=O) groups excluding carboxylic acids is 2. The van der Waals surface area contributed by atoms with E-state index in [4.69, 9.17) is 11.6 Å². The van der Waals surface area contributed by atoms with Crippen LogP contribution in [0.25, 0.3) is 0 Å². The van der Waals surface area contributed by atoms with Gasteiger partial charge in [0.25, 0.3) is 0 Å². The van der Waals surface area contributed by atoms with Crippen molar-refractivity contribution in [3.63, 3.8) is 0 Å². The lowest BCUT2D eigenvalue weighted by atomic mass is 10.1. The lowest BCUT2D eigenvalue weighted by Gasteiger charge is -2.17. The highest BCUT2D eigenvalue weighted by atomic mass is 35.5. The van der Waals surface area contributed by atoms with Crippen molar-refractivity contribution in [2.45, 2.75) is 19.1 Å². The zero-order valence-electron chi connectivity index (χ0n) is 14.4. The molecule has 148 valence electrons. The number of benzene rings is 2. The maximum Gasteiger partial charge on any atom is 0.416 e. The smallest absolute Gasteiger partial charge is 0.352 e. The van der Waals surface area contributed by atoms with Crippen molar-refractivity contribution in [1.29, 1.82) is 0 Å². The monoisotopic (exact) mass is 414 g/mol. The summed E-state index contributed by atoms with van der Waals surface area (Å²) >= 11 is 5.73. The van der Waals surface area contributed by atoms with Gasteiger partial charge in [-0.05, 0) is 35.9 Å². The highest BCUT2D eigenvalue weighted by molar-refractivity contribution is 6.31. The number of halogens is 5. The van der Waals surface area contributed by atoms with E-state index in [9.17, 15) is 27.2 Å². The van der Waals surface area contributed by atoms with Gasteiger partial charge >= 0.3 is 6.18 Å². The molecule has 1 saturated heterocycles. The fourth-order valence-electron chi connectivity index (χ4n) is 2.93. The minimum absolute atomic E-state index is 0.0200. The molecule has 2 amide bonds. The van der Waals surface area contributed by atoms with Crippen molar-refractivity contribution in [1.82, 2.24) is 5.32 Å². The second kappa shape index (κ2) is 7.79. The van der Waals surface area contributed by atoms with Gasteiger partial charge in [-0.15, -0.1) is 0 Å². The Morgan fingerprint density at radius 1 is 1.18 bits per heavy atom. The predicted octanol–water partition coefficient (Wildman–Crippen LogP) is 4.17. The molecular weight excluding hydrogens is 400 g/mol. The maximum atomic E-state index is 13.3. The van der Waals surface area contributed by atoms with Crippen LogP contribution in [0.3, 0.4) is 0 Å². The second-order valence-electron chi connectivity index (χ2n) is 6.42. The Kier molecular flexibility index (Phi) is 5.60. The molecule has 9 heteroatoms. The lowest BCUT2D eigenvalue weighted by molar-refractivity contribution is -0.137. The third-order valence-corrected chi connectivity index (χ3v) is 4.75. The van der Waals surface area contributed by atoms with Gasteiger partial charge in [0.15, 0.2) is 0 Å². The van der Waals surface area contributed by atoms with E-state index >= 15 is 0 Å². The number of hydrogen-bond donors (Lipinski definition) is 1. The highest BCUT2D eigenvalue weighted by Crippen LogP contribution is 2.30. The maximum absolute atomic E-state index is 13.3. The van der Waals surface area contributed by atoms with E-state index < -0.39 is 23.5 Å². The van der Waals surface area contributed by atoms with Crippen LogP contribution >= 0.6 is 11.6 Å². The molecule has 1 heterocycles. The first-order valence-electron chi connectivity index (χ1n) is 8.34. The van der Waals surface area contributed by atoms with Crippen LogP contribution in [0.4, 0.5) is 23.2 Å². The van der Waals surface area contributed by atoms with Crippen LogP contribution in [-0.4, -0.2) is 18.4 Å². The number of anilines is 1. The van der Waals surface area contributed by atoms with Crippen LogP contribution in [0.1, 0.15) is 17.5 Å². The van der Waals surface area contributed by atoms with Gasteiger partial charge in [-0.1, -0.05) is 23.7 Å². The second-order valence-corrected chi connectivity index (χ2v) is 6.82. The Morgan fingerprint density at radius 3 is 2.46 bits per heavy atom. The van der Waals surface area contributed by atoms with Gasteiger partial charge in [0.2, 0.25) is 11.8 Å². The summed E-state index contributed by atoms with van der Waals surface area (Å²) in [5.74, 6) is -1.91. The topological polar surface area (TPSA) is 49.4 Å². The SMILES string of the molecule is O=C(NCc1ccc(C(F)(F)F)cc1)[C@H]1CC(=O)N(c2ccc(F)c(Cl)c2)C1. The van der Waals surface area contributed by atoms with E-state index in [1.54, 1.807) is 0 Å². The molecule has 0 aromatic heterocycles. The van der Waals surface area contributed by atoms with Gasteiger partial charge in [-0.2, -0.15) is 13.2 Å². The summed E-state index contributed by atoms with van der Waals surface area (Å²) in [5, 5.41) is 2.50. The largest absolute Gasteiger partial charge is 0.416 e. The number of carbonyl (C=O) groups is 2. The van der Waals surface area contributed by atoms with Crippen molar-refractivity contribution < 1.29 is 27.2 Å². The van der Waals surface area contributed by atoms with Crippen molar-refractivity contribution in [2.75, 3.05) is 11.4 Å². The average molecular weight is 415 g/mol. The van der Waals surface area contributed by atoms with E-state index in [-0.39, 0.29) is 36.3 Å². The average Bonchev–Trinajstić information content (AvgIpc) is 3.03. The van der Waals surface area contributed by atoms with E-state index in [0.717, 1.165) is 18.2 Å². The molecule has 0 bridgehead atoms. The minimum Gasteiger partial charge on any atom is -0.352 e. The van der Waals surface area contributed by atoms with E-state index in [1.807, 2.05) is 0 Å². The van der Waals surface area contributed by atoms with Crippen molar-refractivity contribution in [3.8, 4) is 0 Å². The van der Waals surface area contributed by atoms with Crippen LogP contribution in [0.15, 0.2) is 42.5 Å². The standard InChI is InChI=1S/C19H15ClF4N2O2/c20-15-8-14(5-6-16(15)21)26-10-12(7-17(26)27)18(28)25-9-11-1-3-13(4-2-11)19(22,23)24/h1-6,8,12H,7,9-10H2,(H,25,28)/t12-/m0/s1. The third-order valence-electron chi connectivity index (χ3n) is 4.46. The molecular formula is C19H15ClF4N2O2. The zero-order chi connectivity index (χ0) is 20.5. The first kappa shape index (κ1) is 20.1. The highest BCUT2D eigenvalue weighted by Gasteiger charge is 2.35. The quantitative estimate of drug-likeness (QED) is 0.763. The van der Waals surface area contributed by atoms with E-state index in [2.05, 4.69) is 5.32 Å². The molecule has 1 atom stereocenters. The molecule has 2 aromatic rings. The predicted molar refractivity (Wildman–Crippen MR) is 95.2 cm³/mol. The molecule has 28 heavy (non-hydrogen) atoms. The first-order chi connectivity index (χ1) is 13.1. The normalized spacial score (nSPS) is 17.1. The van der Waals surface area contributed by atoms with E-state index in [1.165, 1.54) is 29.2 Å². The number of nitrogens with zero attached hydrogens (tertiary/aromatic N) is 1. The molecule has 0 radical (unpaired) electrons. The van der Waals surface area contributed by atoms with Crippen molar-refractivity contribution in [2.24, 2.45) is 5.92 Å². The molecule has 1 N–H and O–H groups in total. The molecule has 0 aliphatic carbocycles. The summed E-state index contributed by atoms with van der Waals surface area (Å²) in [4.78, 5) is 25.9. The molecule has 0 unspecified atom stereocenters. The lowest BCUT2D eigenvalue weighted by Crippen LogP contribution is -2.32. The van der Waals surface area contributed by atoms with Gasteiger partial charge in [0.05, 0.1) is 16.5 Å². The van der Waals surface area contributed by atoms with Crippen molar-refractivity contribution >= 4 is 29.1 Å². The van der Waals surface area contributed by atoms with Crippen LogP contribution < -0.4 is 10.2 Å². The zero-order valence-corrected chi connectivity index (χ0v) is 15.1. The Hall–Kier alpha value is -2.61. The molecule has 2 aromatic carbocycles. The third kappa shape index (κ3) is 4.44. The summed E-state index contributed by atoms with van der Waals surface area (Å²) in [6.45, 7) is 0.156. The van der Waals surface area contributed by atoms with Crippen molar-refractivity contribution in [3.05, 3.63) is 64.4 Å². The Morgan fingerprint density at radius 2 is 1.86 bits per heavy atom. The van der Waals surface area contributed by atoms with Crippen LogP contribution in [0.2, 0.25) is 5.02 Å². The number of nitrogens with one attached hydrogen (secondary N) is 1. The van der Waals surface area contributed by atoms with Crippen LogP contribution in [0.5, 0.6) is 0 Å². The summed E-state index contributed by atoms with van der Waals surface area (Å²) in [6.07, 6.45) is -4.44. The van der Waals surface area contributed by atoms with Gasteiger partial charge in [-0.3, -0.25) is 9.59 Å². The number of hydrogen-bond acceptors (Lipinski definition) is 2. The summed E-state index contributed by atoms with van der Waals surface area (Å²) in [5.41, 5.74) is 0.139. The molecule has 0 spiro atoms. The molecule has 4 nitrogen and oxygen atoms in total. The molecule has 3 rings (SSSR count). The minimum atomic E-state index is -4.42. The molecule has 1 aliphatic rings. The fraction of sp³-hybridized carbons (Fsp3) is 0.263. The van der Waals surface area contributed by atoms with Gasteiger partial charge in [-0.25, -0.2) is 4.39 Å². The van der Waals surface area contributed by atoms with Crippen LogP contribution in [-0.2, 0) is 22.3 Å². The van der Waals surface area contributed by atoms with E-state index in [0.29, 0.717) is 11.3 Å². The number of rotatable bonds is 4. The Bertz CT molecular complexity index is 900. The summed E-state index contributed by atoms with van der Waals surface area (Å²) < 4.78 is 51.0. The summed E-state index contributed by atoms with van der Waals surface area (Å²) in [7, 11) is 0. The first-order valence-corrected chi connectivity index (χ1v) is 8.72.